The van der Waals surface area contributed by atoms with Crippen LogP contribution in [0.5, 0.6) is 5.75 Å². The van der Waals surface area contributed by atoms with Crippen LogP contribution in [0.3, 0.4) is 0 Å². The lowest BCUT2D eigenvalue weighted by molar-refractivity contribution is -0.140. The summed E-state index contributed by atoms with van der Waals surface area (Å²) < 4.78 is 12.2. The van der Waals surface area contributed by atoms with Crippen LogP contribution in [0.1, 0.15) is 22.5 Å². The minimum Gasteiger partial charge on any atom is -0.497 e. The molecule has 0 unspecified atom stereocenters. The highest BCUT2D eigenvalue weighted by atomic mass is 32.1. The normalized spacial score (nSPS) is 14.7. The topological polar surface area (TPSA) is 64.0 Å². The number of hydrogen-bond acceptors (Lipinski definition) is 5. The molecule has 1 aromatic heterocycles. The van der Waals surface area contributed by atoms with Gasteiger partial charge in [-0.15, -0.1) is 0 Å². The Labute approximate surface area is 210 Å². The molecule has 2 aromatic carbocycles. The molecule has 35 heavy (non-hydrogen) atoms. The van der Waals surface area contributed by atoms with Gasteiger partial charge in [0.15, 0.2) is 5.11 Å². The first-order chi connectivity index (χ1) is 16.7. The van der Waals surface area contributed by atoms with E-state index in [0.29, 0.717) is 17.1 Å². The van der Waals surface area contributed by atoms with Crippen LogP contribution in [-0.2, 0) is 14.3 Å². The van der Waals surface area contributed by atoms with Crippen molar-refractivity contribution in [1.82, 2.24) is 9.47 Å². The summed E-state index contributed by atoms with van der Waals surface area (Å²) in [7, 11) is 2.88. The van der Waals surface area contributed by atoms with E-state index in [4.69, 9.17) is 21.7 Å². The maximum Gasteiger partial charge on any atom is 0.325 e. The van der Waals surface area contributed by atoms with Crippen molar-refractivity contribution in [3.63, 3.8) is 0 Å². The number of hydrogen-bond donors (Lipinski definition) is 0. The second kappa shape index (κ2) is 9.76. The molecule has 0 atom stereocenters. The zero-order chi connectivity index (χ0) is 25.3. The molecule has 0 saturated carbocycles. The number of anilines is 1. The molecule has 1 amide bonds. The Morgan fingerprint density at radius 3 is 2.20 bits per heavy atom. The van der Waals surface area contributed by atoms with E-state index in [1.807, 2.05) is 26.8 Å². The van der Waals surface area contributed by atoms with Crippen LogP contribution in [0.15, 0.2) is 60.3 Å². The number of esters is 1. The number of carbonyl (C=O) groups is 2. The van der Waals surface area contributed by atoms with E-state index >= 15 is 0 Å². The lowest BCUT2D eigenvalue weighted by Crippen LogP contribution is -2.35. The Morgan fingerprint density at radius 1 is 0.971 bits per heavy atom. The van der Waals surface area contributed by atoms with Crippen LogP contribution >= 0.6 is 12.2 Å². The second-order valence-corrected chi connectivity index (χ2v) is 8.68. The third kappa shape index (κ3) is 4.57. The summed E-state index contributed by atoms with van der Waals surface area (Å²) in [6.45, 7) is 5.90. The number of thiocarbonyl (C=S) groups is 1. The molecule has 1 aliphatic heterocycles. The first-order valence-electron chi connectivity index (χ1n) is 11.1. The summed E-state index contributed by atoms with van der Waals surface area (Å²) in [5.41, 5.74) is 5.97. The summed E-state index contributed by atoms with van der Waals surface area (Å²) in [5, 5.41) is 0.212. The highest BCUT2D eigenvalue weighted by Crippen LogP contribution is 2.32. The first kappa shape index (κ1) is 24.2. The lowest BCUT2D eigenvalue weighted by Gasteiger charge is -2.19. The van der Waals surface area contributed by atoms with Crippen molar-refractivity contribution in [1.29, 1.82) is 0 Å². The van der Waals surface area contributed by atoms with E-state index in [0.717, 1.165) is 22.6 Å². The first-order valence-corrected chi connectivity index (χ1v) is 11.5. The molecule has 1 saturated heterocycles. The van der Waals surface area contributed by atoms with Crippen molar-refractivity contribution < 1.29 is 19.1 Å². The van der Waals surface area contributed by atoms with Gasteiger partial charge in [-0.05, 0) is 87.1 Å². The fourth-order valence-corrected chi connectivity index (χ4v) is 4.51. The van der Waals surface area contributed by atoms with Gasteiger partial charge in [0.25, 0.3) is 5.91 Å². The molecule has 180 valence electrons. The van der Waals surface area contributed by atoms with Gasteiger partial charge < -0.3 is 18.9 Å². The maximum atomic E-state index is 13.6. The molecule has 0 bridgehead atoms. The Balaban J connectivity index is 1.78. The van der Waals surface area contributed by atoms with Gasteiger partial charge in [-0.2, -0.15) is 0 Å². The van der Waals surface area contributed by atoms with Gasteiger partial charge in [-0.3, -0.25) is 14.5 Å². The highest BCUT2D eigenvalue weighted by molar-refractivity contribution is 7.80. The third-order valence-electron chi connectivity index (χ3n) is 6.04. The number of benzene rings is 2. The summed E-state index contributed by atoms with van der Waals surface area (Å²) >= 11 is 5.64. The number of nitrogens with zero attached hydrogens (tertiary/aromatic N) is 3. The van der Waals surface area contributed by atoms with Gasteiger partial charge in [-0.25, -0.2) is 0 Å². The number of rotatable bonds is 6. The minimum absolute atomic E-state index is 0.170. The molecule has 7 nitrogen and oxygen atoms in total. The second-order valence-electron chi connectivity index (χ2n) is 8.31. The van der Waals surface area contributed by atoms with Crippen molar-refractivity contribution in [3.05, 3.63) is 82.8 Å². The van der Waals surface area contributed by atoms with Gasteiger partial charge in [0, 0.05) is 17.1 Å². The Hall–Kier alpha value is -3.91. The number of methoxy groups -OCH3 is 2. The zero-order valence-electron chi connectivity index (χ0n) is 20.4. The fourth-order valence-electron chi connectivity index (χ4n) is 4.16. The van der Waals surface area contributed by atoms with Gasteiger partial charge in [0.1, 0.15) is 18.0 Å². The Kier molecular flexibility index (Phi) is 6.75. The molecule has 1 aliphatic rings. The molecular formula is C27H27N3O4S. The van der Waals surface area contributed by atoms with Gasteiger partial charge in [0.05, 0.1) is 19.9 Å². The Morgan fingerprint density at radius 2 is 1.60 bits per heavy atom. The van der Waals surface area contributed by atoms with Crippen LogP contribution < -0.4 is 9.64 Å². The van der Waals surface area contributed by atoms with E-state index < -0.39 is 5.97 Å². The van der Waals surface area contributed by atoms with Crippen molar-refractivity contribution in [2.45, 2.75) is 20.8 Å². The quantitative estimate of drug-likeness (QED) is 0.287. The average Bonchev–Trinajstić information content (AvgIpc) is 3.26. The number of carbonyl (C=O) groups excluding carboxylic acids is 2. The smallest absolute Gasteiger partial charge is 0.325 e. The van der Waals surface area contributed by atoms with Crippen LogP contribution in [-0.4, -0.2) is 47.2 Å². The van der Waals surface area contributed by atoms with Gasteiger partial charge in [0.2, 0.25) is 0 Å². The van der Waals surface area contributed by atoms with E-state index in [-0.39, 0.29) is 17.6 Å². The number of aryl methyl sites for hydroxylation is 2. The molecular weight excluding hydrogens is 462 g/mol. The average molecular weight is 490 g/mol. The molecule has 0 N–H and O–H groups in total. The third-order valence-corrected chi connectivity index (χ3v) is 6.44. The number of ether oxygens (including phenoxy) is 2. The lowest BCUT2D eigenvalue weighted by atomic mass is 10.2. The molecule has 0 aliphatic carbocycles. The highest BCUT2D eigenvalue weighted by Gasteiger charge is 2.40. The predicted molar refractivity (Wildman–Crippen MR) is 140 cm³/mol. The zero-order valence-corrected chi connectivity index (χ0v) is 21.2. The summed E-state index contributed by atoms with van der Waals surface area (Å²) in [4.78, 5) is 28.7. The van der Waals surface area contributed by atoms with Crippen LogP contribution in [0.4, 0.5) is 5.69 Å². The van der Waals surface area contributed by atoms with Crippen LogP contribution in [0.2, 0.25) is 0 Å². The van der Waals surface area contributed by atoms with Crippen molar-refractivity contribution in [2.75, 3.05) is 25.7 Å². The van der Waals surface area contributed by atoms with Crippen molar-refractivity contribution >= 4 is 41.0 Å². The summed E-state index contributed by atoms with van der Waals surface area (Å²) in [6.07, 6.45) is 1.79. The summed E-state index contributed by atoms with van der Waals surface area (Å²) in [5.74, 6) is -0.144. The van der Waals surface area contributed by atoms with Gasteiger partial charge in [-0.1, -0.05) is 17.7 Å². The molecule has 0 radical (unpaired) electrons. The monoisotopic (exact) mass is 489 g/mol. The van der Waals surface area contributed by atoms with Gasteiger partial charge >= 0.3 is 5.97 Å². The van der Waals surface area contributed by atoms with Crippen LogP contribution in [0.25, 0.3) is 11.8 Å². The number of aromatic nitrogens is 1. The molecule has 8 heteroatoms. The van der Waals surface area contributed by atoms with Crippen LogP contribution in [0, 0.1) is 20.8 Å². The molecule has 4 rings (SSSR count). The SMILES string of the molecule is COC(=O)CN1C(=S)N(c2ccc(OC)cc2)C(=O)/C1=C/c1cc(C)n(-c2ccc(C)cc2)c1C. The van der Waals surface area contributed by atoms with E-state index in [1.54, 1.807) is 37.5 Å². The minimum atomic E-state index is -0.493. The molecule has 2 heterocycles. The molecule has 3 aromatic rings. The van der Waals surface area contributed by atoms with E-state index in [9.17, 15) is 9.59 Å². The fraction of sp³-hybridized carbons (Fsp3) is 0.222. The molecule has 1 fully saturated rings. The standard InChI is InChI=1S/C27H27N3O4S/c1-17-6-8-21(9-7-17)29-18(2)14-20(19(29)3)15-24-26(32)30(22-10-12-23(33-4)13-11-22)27(35)28(24)16-25(31)34-5/h6-15H,16H2,1-5H3/b24-15-. The van der Waals surface area contributed by atoms with Crippen molar-refractivity contribution in [3.8, 4) is 11.4 Å². The summed E-state index contributed by atoms with van der Waals surface area (Å²) in [6, 6.07) is 17.3. The van der Waals surface area contributed by atoms with Crippen molar-refractivity contribution in [2.24, 2.45) is 0 Å². The Bertz CT molecular complexity index is 1320. The molecule has 0 spiro atoms. The maximum absolute atomic E-state index is 13.6. The van der Waals surface area contributed by atoms with E-state index in [2.05, 4.69) is 28.8 Å². The van der Waals surface area contributed by atoms with E-state index in [1.165, 1.54) is 22.5 Å². The number of amides is 1. The predicted octanol–water partition coefficient (Wildman–Crippen LogP) is 4.56. The largest absolute Gasteiger partial charge is 0.497 e.